The molecule has 0 aliphatic carbocycles. The van der Waals surface area contributed by atoms with Gasteiger partial charge < -0.3 is 0 Å². The van der Waals surface area contributed by atoms with E-state index in [9.17, 15) is 0 Å². The Morgan fingerprint density at radius 2 is 0.806 bits per heavy atom. The van der Waals surface area contributed by atoms with Crippen LogP contribution in [0.15, 0.2) is 24.3 Å². The molecule has 0 amide bonds. The number of hydrogen-bond donors (Lipinski definition) is 0. The summed E-state index contributed by atoms with van der Waals surface area (Å²) in [6.45, 7) is 24.0. The number of hydrogen-bond acceptors (Lipinski definition) is 0. The molecule has 0 aliphatic rings. The summed E-state index contributed by atoms with van der Waals surface area (Å²) in [5.74, 6) is 0. The van der Waals surface area contributed by atoms with Crippen molar-refractivity contribution in [1.29, 1.82) is 0 Å². The quantitative estimate of drug-likeness (QED) is 0.146. The van der Waals surface area contributed by atoms with Gasteiger partial charge in [-0.3, -0.25) is 0 Å². The fraction of sp³-hybridized carbons (Fsp3) is 0.833. The van der Waals surface area contributed by atoms with E-state index in [1.807, 2.05) is 95.2 Å². The summed E-state index contributed by atoms with van der Waals surface area (Å²) in [6, 6.07) is 0. The van der Waals surface area contributed by atoms with Crippen molar-refractivity contribution in [3.05, 3.63) is 24.3 Å². The van der Waals surface area contributed by atoms with E-state index in [4.69, 9.17) is 19.1 Å². The third-order valence-electron chi connectivity index (χ3n) is 5.71. The molecule has 0 saturated carbocycles. The first-order valence-electron chi connectivity index (χ1n) is 10.7. The summed E-state index contributed by atoms with van der Waals surface area (Å²) in [6.07, 6.45) is 8.64. The number of halogens is 4. The summed E-state index contributed by atoms with van der Waals surface area (Å²) in [4.78, 5) is 0. The van der Waals surface area contributed by atoms with Crippen LogP contribution in [0.1, 0.15) is 83.1 Å². The standard InChI is InChI=1S/2C12H23FP.2ClH.Pd/c2*1-10(2,3)12(13,8-7-9-14)11(4,5)6;;;/h2*7-8,14H,9H2,1-6H3;2*1H;/q2*-1;;;+4/p-2. The molecule has 0 saturated heterocycles. The molecule has 0 heterocycles. The second-order valence-corrected chi connectivity index (χ2v) is 35.8. The number of alkyl halides is 2. The number of rotatable bonds is 8. The first-order valence-corrected chi connectivity index (χ1v) is 21.4. The first-order chi connectivity index (χ1) is 13.4. The van der Waals surface area contributed by atoms with Crippen LogP contribution in [-0.2, 0) is 12.5 Å². The summed E-state index contributed by atoms with van der Waals surface area (Å²) in [7, 11) is 13.4. The van der Waals surface area contributed by atoms with Gasteiger partial charge in [-0.25, -0.2) is 0 Å². The fourth-order valence-corrected chi connectivity index (χ4v) is 16.0. The maximum atomic E-state index is 15.8. The molecule has 190 valence electrons. The minimum absolute atomic E-state index is 0.400. The molecule has 0 aromatic rings. The van der Waals surface area contributed by atoms with E-state index in [-0.39, 0.29) is 0 Å². The Morgan fingerprint density at radius 3 is 1.00 bits per heavy atom. The number of allylic oxidation sites excluding steroid dienone is 4. The molecular formula is C24H46Cl2F2P2Pd. The summed E-state index contributed by atoms with van der Waals surface area (Å²) in [5.41, 5.74) is -4.88. The van der Waals surface area contributed by atoms with E-state index < -0.39 is 45.5 Å². The fourth-order valence-electron chi connectivity index (χ4n) is 3.97. The molecule has 0 nitrogen and oxygen atoms in total. The molecular weight excluding hydrogens is 566 g/mol. The van der Waals surface area contributed by atoms with Crippen LogP contribution in [0, 0.1) is 21.7 Å². The second-order valence-electron chi connectivity index (χ2n) is 12.2. The van der Waals surface area contributed by atoms with E-state index in [1.54, 1.807) is 12.2 Å². The zero-order chi connectivity index (χ0) is 25.2. The first kappa shape index (κ1) is 32.4. The normalized spacial score (nSPS) is 17.3. The van der Waals surface area contributed by atoms with Gasteiger partial charge in [0.1, 0.15) is 0 Å². The molecule has 0 radical (unpaired) electrons. The van der Waals surface area contributed by atoms with Gasteiger partial charge in [0.05, 0.1) is 0 Å². The van der Waals surface area contributed by atoms with Crippen LogP contribution in [0.4, 0.5) is 8.78 Å². The third kappa shape index (κ3) is 8.87. The van der Waals surface area contributed by atoms with E-state index in [0.717, 1.165) is 0 Å². The predicted molar refractivity (Wildman–Crippen MR) is 142 cm³/mol. The van der Waals surface area contributed by atoms with Gasteiger partial charge in [-0.1, -0.05) is 0 Å². The Bertz CT molecular complexity index is 552. The second kappa shape index (κ2) is 11.0. The van der Waals surface area contributed by atoms with E-state index in [1.165, 1.54) is 0 Å². The molecule has 0 N–H and O–H groups in total. The van der Waals surface area contributed by atoms with Gasteiger partial charge in [-0.05, 0) is 0 Å². The Balaban J connectivity index is 5.06. The summed E-state index contributed by atoms with van der Waals surface area (Å²) < 4.78 is 31.6. The average molecular weight is 612 g/mol. The van der Waals surface area contributed by atoms with E-state index in [2.05, 4.69) is 0 Å². The van der Waals surface area contributed by atoms with Crippen molar-refractivity contribution in [3.63, 3.8) is 0 Å². The average Bonchev–Trinajstić information content (AvgIpc) is 2.50. The summed E-state index contributed by atoms with van der Waals surface area (Å²) in [5, 5.41) is 0. The van der Waals surface area contributed by atoms with Crippen molar-refractivity contribution in [2.75, 3.05) is 12.3 Å². The Hall–Kier alpha value is 1.44. The van der Waals surface area contributed by atoms with Crippen LogP contribution in [0.25, 0.3) is 0 Å². The van der Waals surface area contributed by atoms with Crippen molar-refractivity contribution in [2.45, 2.75) is 94.4 Å². The molecule has 0 spiro atoms. The van der Waals surface area contributed by atoms with Gasteiger partial charge >= 0.3 is 207 Å². The molecule has 2 unspecified atom stereocenters. The SMILES string of the molecule is CC(C)(C)C(F)(C=CC[PH][Pd]([Cl])([Cl])[PH]CC=CC(F)(C(C)(C)C)C(C)(C)C)C(C)(C)C. The molecule has 0 rings (SSSR count). The topological polar surface area (TPSA) is 0 Å². The molecule has 0 fully saturated rings. The predicted octanol–water partition coefficient (Wildman–Crippen LogP) is 10.3. The van der Waals surface area contributed by atoms with Crippen molar-refractivity contribution in [2.24, 2.45) is 21.7 Å². The van der Waals surface area contributed by atoms with Crippen LogP contribution in [0.2, 0.25) is 0 Å². The molecule has 0 bridgehead atoms. The molecule has 31 heavy (non-hydrogen) atoms. The Labute approximate surface area is 205 Å². The maximum absolute atomic E-state index is 15.8. The van der Waals surface area contributed by atoms with Crippen LogP contribution in [-0.4, -0.2) is 23.7 Å². The Kier molecular flexibility index (Phi) is 11.5. The molecule has 0 aromatic heterocycles. The van der Waals surface area contributed by atoms with Crippen LogP contribution in [0.5, 0.6) is 0 Å². The molecule has 7 heteroatoms. The zero-order valence-electron chi connectivity index (χ0n) is 21.6. The minimum atomic E-state index is -2.55. The monoisotopic (exact) mass is 610 g/mol. The van der Waals surface area contributed by atoms with Gasteiger partial charge in [0, 0.05) is 0 Å². The summed E-state index contributed by atoms with van der Waals surface area (Å²) >= 11 is -2.55. The molecule has 0 aromatic carbocycles. The van der Waals surface area contributed by atoms with Crippen molar-refractivity contribution in [1.82, 2.24) is 0 Å². The van der Waals surface area contributed by atoms with Crippen LogP contribution < -0.4 is 0 Å². The van der Waals surface area contributed by atoms with E-state index in [0.29, 0.717) is 25.9 Å². The Morgan fingerprint density at radius 1 is 0.581 bits per heavy atom. The third-order valence-corrected chi connectivity index (χ3v) is 23.0. The van der Waals surface area contributed by atoms with Crippen molar-refractivity contribution < 1.29 is 21.3 Å². The van der Waals surface area contributed by atoms with Gasteiger partial charge in [0.25, 0.3) is 0 Å². The van der Waals surface area contributed by atoms with Crippen molar-refractivity contribution in [3.8, 4) is 0 Å². The van der Waals surface area contributed by atoms with Gasteiger partial charge in [0.2, 0.25) is 0 Å². The van der Waals surface area contributed by atoms with Gasteiger partial charge in [-0.15, -0.1) is 0 Å². The van der Waals surface area contributed by atoms with Crippen molar-refractivity contribution >= 4 is 32.6 Å². The van der Waals surface area contributed by atoms with Crippen LogP contribution >= 0.6 is 32.6 Å². The molecule has 0 aliphatic heterocycles. The van der Waals surface area contributed by atoms with Gasteiger partial charge in [-0.2, -0.15) is 0 Å². The van der Waals surface area contributed by atoms with Gasteiger partial charge in [0.15, 0.2) is 0 Å². The van der Waals surface area contributed by atoms with Crippen LogP contribution in [0.3, 0.4) is 0 Å². The molecule has 2 atom stereocenters. The van der Waals surface area contributed by atoms with E-state index >= 15 is 8.78 Å². The zero-order valence-corrected chi connectivity index (χ0v) is 26.6.